The maximum absolute atomic E-state index is 10.0. The van der Waals surface area contributed by atoms with Crippen LogP contribution in [-0.4, -0.2) is 17.7 Å². The number of thiophene rings is 1. The zero-order valence-corrected chi connectivity index (χ0v) is 11.1. The highest BCUT2D eigenvalue weighted by molar-refractivity contribution is 7.10. The molecule has 1 rings (SSSR count). The Morgan fingerprint density at radius 3 is 2.81 bits per heavy atom. The topological polar surface area (TPSA) is 32.3 Å². The summed E-state index contributed by atoms with van der Waals surface area (Å²) in [6.07, 6.45) is 4.70. The van der Waals surface area contributed by atoms with Crippen LogP contribution in [0.25, 0.3) is 0 Å². The molecule has 3 heteroatoms. The van der Waals surface area contributed by atoms with E-state index >= 15 is 0 Å². The molecule has 0 aliphatic rings. The van der Waals surface area contributed by atoms with Crippen molar-refractivity contribution in [1.29, 1.82) is 0 Å². The standard InChI is InChI=1S/C13H23NOS/c1-3-4-5-6-9-14-11(2)13(15)12-8-7-10-16-12/h7-8,10-11,13-15H,3-6,9H2,1-2H3. The highest BCUT2D eigenvalue weighted by Gasteiger charge is 2.15. The maximum Gasteiger partial charge on any atom is 0.103 e. The largest absolute Gasteiger partial charge is 0.386 e. The number of hydrogen-bond donors (Lipinski definition) is 2. The fourth-order valence-corrected chi connectivity index (χ4v) is 2.51. The Kier molecular flexibility index (Phi) is 6.69. The van der Waals surface area contributed by atoms with Crippen molar-refractivity contribution in [2.75, 3.05) is 6.54 Å². The summed E-state index contributed by atoms with van der Waals surface area (Å²) in [7, 11) is 0. The van der Waals surface area contributed by atoms with E-state index in [1.165, 1.54) is 25.7 Å². The Bertz CT molecular complexity index is 261. The SMILES string of the molecule is CCCCCCNC(C)C(O)c1cccs1. The van der Waals surface area contributed by atoms with Gasteiger partial charge in [0.25, 0.3) is 0 Å². The van der Waals surface area contributed by atoms with E-state index < -0.39 is 0 Å². The van der Waals surface area contributed by atoms with E-state index in [1.807, 2.05) is 24.4 Å². The number of rotatable bonds is 8. The van der Waals surface area contributed by atoms with Gasteiger partial charge >= 0.3 is 0 Å². The second-order valence-electron chi connectivity index (χ2n) is 4.26. The number of aliphatic hydroxyl groups is 1. The molecule has 0 fully saturated rings. The zero-order chi connectivity index (χ0) is 11.8. The summed E-state index contributed by atoms with van der Waals surface area (Å²) in [4.78, 5) is 1.05. The lowest BCUT2D eigenvalue weighted by molar-refractivity contribution is 0.139. The summed E-state index contributed by atoms with van der Waals surface area (Å²) in [5.41, 5.74) is 0. The molecule has 1 heterocycles. The minimum atomic E-state index is -0.369. The van der Waals surface area contributed by atoms with Crippen LogP contribution in [0.5, 0.6) is 0 Å². The van der Waals surface area contributed by atoms with Crippen LogP contribution in [0, 0.1) is 0 Å². The average molecular weight is 241 g/mol. The van der Waals surface area contributed by atoms with Crippen LogP contribution < -0.4 is 5.32 Å². The van der Waals surface area contributed by atoms with Crippen molar-refractivity contribution < 1.29 is 5.11 Å². The van der Waals surface area contributed by atoms with Gasteiger partial charge in [0.05, 0.1) is 0 Å². The molecular weight excluding hydrogens is 218 g/mol. The molecule has 2 atom stereocenters. The molecule has 0 radical (unpaired) electrons. The van der Waals surface area contributed by atoms with Gasteiger partial charge in [0.15, 0.2) is 0 Å². The molecule has 16 heavy (non-hydrogen) atoms. The van der Waals surface area contributed by atoms with E-state index in [4.69, 9.17) is 0 Å². The number of hydrogen-bond acceptors (Lipinski definition) is 3. The molecule has 0 amide bonds. The van der Waals surface area contributed by atoms with Gasteiger partial charge in [-0.15, -0.1) is 11.3 Å². The molecule has 2 nitrogen and oxygen atoms in total. The van der Waals surface area contributed by atoms with E-state index in [2.05, 4.69) is 12.2 Å². The van der Waals surface area contributed by atoms with Crippen LogP contribution in [0.3, 0.4) is 0 Å². The van der Waals surface area contributed by atoms with Crippen LogP contribution in [0.4, 0.5) is 0 Å². The van der Waals surface area contributed by atoms with Crippen molar-refractivity contribution in [3.63, 3.8) is 0 Å². The summed E-state index contributed by atoms with van der Waals surface area (Å²) in [5.74, 6) is 0. The fraction of sp³-hybridized carbons (Fsp3) is 0.692. The Morgan fingerprint density at radius 2 is 2.19 bits per heavy atom. The van der Waals surface area contributed by atoms with Gasteiger partial charge in [-0.05, 0) is 31.3 Å². The summed E-state index contributed by atoms with van der Waals surface area (Å²) in [5, 5.41) is 15.4. The summed E-state index contributed by atoms with van der Waals surface area (Å²) < 4.78 is 0. The number of nitrogens with one attached hydrogen (secondary N) is 1. The Balaban J connectivity index is 2.17. The van der Waals surface area contributed by atoms with Gasteiger partial charge in [-0.2, -0.15) is 0 Å². The molecule has 0 saturated carbocycles. The summed E-state index contributed by atoms with van der Waals surface area (Å²) in [6, 6.07) is 4.11. The highest BCUT2D eigenvalue weighted by Crippen LogP contribution is 2.21. The van der Waals surface area contributed by atoms with Gasteiger partial charge in [0.1, 0.15) is 6.10 Å². The second-order valence-corrected chi connectivity index (χ2v) is 5.24. The molecule has 0 saturated heterocycles. The van der Waals surface area contributed by atoms with E-state index in [1.54, 1.807) is 11.3 Å². The molecule has 92 valence electrons. The highest BCUT2D eigenvalue weighted by atomic mass is 32.1. The lowest BCUT2D eigenvalue weighted by Crippen LogP contribution is -2.32. The maximum atomic E-state index is 10.0. The van der Waals surface area contributed by atoms with Gasteiger partial charge < -0.3 is 10.4 Å². The quantitative estimate of drug-likeness (QED) is 0.684. The van der Waals surface area contributed by atoms with E-state index in [9.17, 15) is 5.11 Å². The first-order chi connectivity index (χ1) is 7.75. The van der Waals surface area contributed by atoms with Gasteiger partial charge in [0, 0.05) is 10.9 Å². The molecule has 0 spiro atoms. The lowest BCUT2D eigenvalue weighted by atomic mass is 10.1. The van der Waals surface area contributed by atoms with Crippen molar-refractivity contribution >= 4 is 11.3 Å². The molecule has 2 N–H and O–H groups in total. The van der Waals surface area contributed by atoms with E-state index in [0.717, 1.165) is 11.4 Å². The third-order valence-corrected chi connectivity index (χ3v) is 3.75. The van der Waals surface area contributed by atoms with E-state index in [0.29, 0.717) is 0 Å². The van der Waals surface area contributed by atoms with E-state index in [-0.39, 0.29) is 12.1 Å². The third kappa shape index (κ3) is 4.64. The minimum absolute atomic E-state index is 0.139. The van der Waals surface area contributed by atoms with Crippen molar-refractivity contribution in [2.45, 2.75) is 51.7 Å². The van der Waals surface area contributed by atoms with Crippen LogP contribution in [0.1, 0.15) is 50.5 Å². The van der Waals surface area contributed by atoms with Gasteiger partial charge in [-0.3, -0.25) is 0 Å². The van der Waals surface area contributed by atoms with Crippen LogP contribution in [0.2, 0.25) is 0 Å². The molecule has 0 aromatic carbocycles. The van der Waals surface area contributed by atoms with Crippen molar-refractivity contribution in [1.82, 2.24) is 5.32 Å². The lowest BCUT2D eigenvalue weighted by Gasteiger charge is -2.19. The molecule has 1 aromatic rings. The molecule has 0 aliphatic heterocycles. The van der Waals surface area contributed by atoms with Crippen molar-refractivity contribution in [2.24, 2.45) is 0 Å². The van der Waals surface area contributed by atoms with Crippen LogP contribution in [-0.2, 0) is 0 Å². The second kappa shape index (κ2) is 7.82. The van der Waals surface area contributed by atoms with Crippen molar-refractivity contribution in [3.05, 3.63) is 22.4 Å². The van der Waals surface area contributed by atoms with Gasteiger partial charge in [0.2, 0.25) is 0 Å². The summed E-state index contributed by atoms with van der Waals surface area (Å²) in [6.45, 7) is 5.27. The number of aliphatic hydroxyl groups excluding tert-OH is 1. The van der Waals surface area contributed by atoms with Crippen molar-refractivity contribution in [3.8, 4) is 0 Å². The van der Waals surface area contributed by atoms with Crippen LogP contribution >= 0.6 is 11.3 Å². The first kappa shape index (κ1) is 13.7. The first-order valence-electron chi connectivity index (χ1n) is 6.20. The smallest absolute Gasteiger partial charge is 0.103 e. The average Bonchev–Trinajstić information content (AvgIpc) is 2.81. The number of unbranched alkanes of at least 4 members (excludes halogenated alkanes) is 3. The Labute approximate surface area is 103 Å². The first-order valence-corrected chi connectivity index (χ1v) is 7.08. The molecule has 1 aromatic heterocycles. The van der Waals surface area contributed by atoms with Gasteiger partial charge in [-0.1, -0.05) is 32.3 Å². The Morgan fingerprint density at radius 1 is 1.38 bits per heavy atom. The zero-order valence-electron chi connectivity index (χ0n) is 10.3. The molecular formula is C13H23NOS. The fourth-order valence-electron chi connectivity index (χ4n) is 1.70. The molecule has 0 aliphatic carbocycles. The van der Waals surface area contributed by atoms with Gasteiger partial charge in [-0.25, -0.2) is 0 Å². The Hall–Kier alpha value is -0.380. The molecule has 0 bridgehead atoms. The monoisotopic (exact) mass is 241 g/mol. The third-order valence-electron chi connectivity index (χ3n) is 2.80. The summed E-state index contributed by atoms with van der Waals surface area (Å²) >= 11 is 1.62. The van der Waals surface area contributed by atoms with Crippen LogP contribution in [0.15, 0.2) is 17.5 Å². The normalized spacial score (nSPS) is 14.9. The minimum Gasteiger partial charge on any atom is -0.386 e. The predicted octanol–water partition coefficient (Wildman–Crippen LogP) is 3.34. The molecule has 2 unspecified atom stereocenters. The predicted molar refractivity (Wildman–Crippen MR) is 70.9 cm³/mol.